The van der Waals surface area contributed by atoms with E-state index in [1.165, 1.54) is 4.90 Å². The second-order valence-corrected chi connectivity index (χ2v) is 12.8. The number of likely N-dealkylation sites (N-methyl/N-ethyl adjacent to an activating group) is 1. The van der Waals surface area contributed by atoms with Gasteiger partial charge < -0.3 is 31.7 Å². The van der Waals surface area contributed by atoms with Gasteiger partial charge in [0, 0.05) is 23.0 Å². The van der Waals surface area contributed by atoms with Crippen LogP contribution in [-0.2, 0) is 25.6 Å². The van der Waals surface area contributed by atoms with Gasteiger partial charge in [0.05, 0.1) is 6.04 Å². The van der Waals surface area contributed by atoms with Crippen molar-refractivity contribution in [2.45, 2.75) is 95.3 Å². The van der Waals surface area contributed by atoms with E-state index >= 15 is 0 Å². The van der Waals surface area contributed by atoms with Crippen LogP contribution in [0.2, 0.25) is 10.0 Å². The van der Waals surface area contributed by atoms with Gasteiger partial charge in [0.25, 0.3) is 0 Å². The molecule has 12 heteroatoms. The predicted octanol–water partition coefficient (Wildman–Crippen LogP) is 3.12. The van der Waals surface area contributed by atoms with Gasteiger partial charge in [0.15, 0.2) is 0 Å². The summed E-state index contributed by atoms with van der Waals surface area (Å²) in [4.78, 5) is 55.3. The van der Waals surface area contributed by atoms with Gasteiger partial charge >= 0.3 is 5.97 Å². The Morgan fingerprint density at radius 1 is 1.12 bits per heavy atom. The maximum Gasteiger partial charge on any atom is 0.329 e. The van der Waals surface area contributed by atoms with Crippen LogP contribution in [0.4, 0.5) is 0 Å². The molecule has 2 aliphatic carbocycles. The molecule has 234 valence electrons. The first kappa shape index (κ1) is 34.1. The van der Waals surface area contributed by atoms with Crippen LogP contribution in [0.3, 0.4) is 0 Å². The highest BCUT2D eigenvalue weighted by molar-refractivity contribution is 6.33. The van der Waals surface area contributed by atoms with Crippen LogP contribution in [0.25, 0.3) is 0 Å². The Hall–Kier alpha value is -2.40. The molecule has 6 N–H and O–H groups in total. The number of carboxylic acid groups (broad SMARTS) is 1. The average Bonchev–Trinajstić information content (AvgIpc) is 3.86. The lowest BCUT2D eigenvalue weighted by Gasteiger charge is -2.36. The molecule has 0 heterocycles. The van der Waals surface area contributed by atoms with Crippen LogP contribution in [-0.4, -0.2) is 77.0 Å². The number of rotatable bonds is 17. The van der Waals surface area contributed by atoms with Crippen molar-refractivity contribution >= 4 is 46.9 Å². The standard InChI is InChI=1S/C30H45Cl2N5O5/c1-5-14-37(27(40)30(17-21(30)18(2)3)36-25(38)23(34-4)8-6-7-13-33)24(16-19-15-20(31)9-10-22(19)32)26(39)35-29(11-12-29)28(41)42/h9-10,15,18,21,23-24,34H,5-8,11-14,16-17,33H2,1-4H3,(H,35,39)(H,36,38)(H,41,42)/t21?,23-,24?,30?/m0/s1. The van der Waals surface area contributed by atoms with Gasteiger partial charge in [-0.05, 0) is 87.7 Å². The molecule has 1 aromatic carbocycles. The number of carbonyl (C=O) groups is 4. The highest BCUT2D eigenvalue weighted by atomic mass is 35.5. The monoisotopic (exact) mass is 625 g/mol. The maximum absolute atomic E-state index is 14.6. The van der Waals surface area contributed by atoms with Crippen LogP contribution in [0.15, 0.2) is 18.2 Å². The lowest BCUT2D eigenvalue weighted by atomic mass is 9.98. The first-order valence-corrected chi connectivity index (χ1v) is 15.6. The Morgan fingerprint density at radius 2 is 1.81 bits per heavy atom. The number of aliphatic carboxylic acids is 1. The summed E-state index contributed by atoms with van der Waals surface area (Å²) in [5, 5.41) is 19.4. The fraction of sp³-hybridized carbons (Fsp3) is 0.667. The minimum absolute atomic E-state index is 0.0290. The zero-order valence-corrected chi connectivity index (χ0v) is 26.5. The molecule has 1 aromatic rings. The van der Waals surface area contributed by atoms with E-state index in [-0.39, 0.29) is 36.6 Å². The largest absolute Gasteiger partial charge is 0.480 e. The summed E-state index contributed by atoms with van der Waals surface area (Å²) >= 11 is 12.7. The van der Waals surface area contributed by atoms with Gasteiger partial charge in [-0.1, -0.05) is 50.4 Å². The third kappa shape index (κ3) is 7.75. The summed E-state index contributed by atoms with van der Waals surface area (Å²) in [5.74, 6) is -2.34. The third-order valence-corrected chi connectivity index (χ3v) is 9.11. The molecule has 0 aliphatic heterocycles. The second kappa shape index (κ2) is 14.4. The molecule has 2 aliphatic rings. The van der Waals surface area contributed by atoms with Crippen molar-refractivity contribution in [1.82, 2.24) is 20.9 Å². The first-order chi connectivity index (χ1) is 19.9. The van der Waals surface area contributed by atoms with Crippen LogP contribution >= 0.6 is 23.2 Å². The van der Waals surface area contributed by atoms with Gasteiger partial charge in [0.2, 0.25) is 17.7 Å². The summed E-state index contributed by atoms with van der Waals surface area (Å²) in [6, 6.07) is 3.34. The van der Waals surface area contributed by atoms with Crippen molar-refractivity contribution < 1.29 is 24.3 Å². The van der Waals surface area contributed by atoms with E-state index in [9.17, 15) is 24.3 Å². The molecule has 3 unspecified atom stereocenters. The van der Waals surface area contributed by atoms with Crippen molar-refractivity contribution in [2.24, 2.45) is 17.6 Å². The fourth-order valence-electron chi connectivity index (χ4n) is 5.73. The zero-order valence-electron chi connectivity index (χ0n) is 25.0. The molecule has 0 spiro atoms. The number of nitrogens with one attached hydrogen (secondary N) is 3. The minimum Gasteiger partial charge on any atom is -0.480 e. The summed E-state index contributed by atoms with van der Waals surface area (Å²) < 4.78 is 0. The number of unbranched alkanes of at least 4 members (excludes halogenated alkanes) is 1. The van der Waals surface area contributed by atoms with Crippen molar-refractivity contribution in [3.8, 4) is 0 Å². The topological polar surface area (TPSA) is 154 Å². The number of nitrogens with two attached hydrogens (primary N) is 1. The van der Waals surface area contributed by atoms with Crippen molar-refractivity contribution in [2.75, 3.05) is 20.1 Å². The maximum atomic E-state index is 14.6. The van der Waals surface area contributed by atoms with Gasteiger partial charge in [-0.2, -0.15) is 0 Å². The lowest BCUT2D eigenvalue weighted by molar-refractivity contribution is -0.148. The molecule has 4 atom stereocenters. The highest BCUT2D eigenvalue weighted by Gasteiger charge is 2.64. The molecule has 0 saturated heterocycles. The Labute approximate surface area is 258 Å². The molecule has 42 heavy (non-hydrogen) atoms. The number of carbonyl (C=O) groups excluding carboxylic acids is 3. The van der Waals surface area contributed by atoms with Crippen LogP contribution in [0.5, 0.6) is 0 Å². The molecule has 2 fully saturated rings. The SMILES string of the molecule is CCCN(C(=O)C1(NC(=O)[C@H](CCCCN)NC)CC1C(C)C)C(Cc1cc(Cl)ccc1Cl)C(=O)NC1(C(=O)O)CC1. The molecule has 2 saturated carbocycles. The number of nitrogens with zero attached hydrogens (tertiary/aromatic N) is 1. The van der Waals surface area contributed by atoms with Gasteiger partial charge in [0.1, 0.15) is 17.1 Å². The Kier molecular flexibility index (Phi) is 11.7. The average molecular weight is 627 g/mol. The number of hydrogen-bond acceptors (Lipinski definition) is 6. The molecule has 10 nitrogen and oxygen atoms in total. The third-order valence-electron chi connectivity index (χ3n) is 8.51. The molecule has 3 rings (SSSR count). The van der Waals surface area contributed by atoms with Crippen molar-refractivity contribution in [3.05, 3.63) is 33.8 Å². The predicted molar refractivity (Wildman–Crippen MR) is 163 cm³/mol. The van der Waals surface area contributed by atoms with Gasteiger partial charge in [-0.15, -0.1) is 0 Å². The van der Waals surface area contributed by atoms with E-state index in [1.54, 1.807) is 25.2 Å². The van der Waals surface area contributed by atoms with Crippen LogP contribution in [0.1, 0.15) is 71.3 Å². The molecular weight excluding hydrogens is 581 g/mol. The number of halogens is 2. The summed E-state index contributed by atoms with van der Waals surface area (Å²) in [6.07, 6.45) is 3.76. The van der Waals surface area contributed by atoms with Crippen LogP contribution < -0.4 is 21.7 Å². The summed E-state index contributed by atoms with van der Waals surface area (Å²) in [7, 11) is 1.71. The summed E-state index contributed by atoms with van der Waals surface area (Å²) in [5.41, 5.74) is 3.67. The molecule has 0 bridgehead atoms. The number of carboxylic acids is 1. The minimum atomic E-state index is -1.34. The number of hydrogen-bond donors (Lipinski definition) is 5. The number of benzene rings is 1. The fourth-order valence-corrected chi connectivity index (χ4v) is 6.12. The van der Waals surface area contributed by atoms with Crippen LogP contribution in [0, 0.1) is 11.8 Å². The van der Waals surface area contributed by atoms with E-state index < -0.39 is 35.0 Å². The smallest absolute Gasteiger partial charge is 0.329 e. The van der Waals surface area contributed by atoms with Crippen molar-refractivity contribution in [3.63, 3.8) is 0 Å². The molecule has 0 radical (unpaired) electrons. The Balaban J connectivity index is 1.98. The lowest BCUT2D eigenvalue weighted by Crippen LogP contribution is -2.61. The van der Waals surface area contributed by atoms with E-state index in [2.05, 4.69) is 16.0 Å². The van der Waals surface area contributed by atoms with Gasteiger partial charge in [-0.3, -0.25) is 14.4 Å². The quantitative estimate of drug-likeness (QED) is 0.167. The van der Waals surface area contributed by atoms with Crippen molar-refractivity contribution in [1.29, 1.82) is 0 Å². The van der Waals surface area contributed by atoms with Gasteiger partial charge in [-0.25, -0.2) is 4.79 Å². The van der Waals surface area contributed by atoms with E-state index in [0.717, 1.165) is 12.8 Å². The van der Waals surface area contributed by atoms with E-state index in [1.807, 2.05) is 20.8 Å². The highest BCUT2D eigenvalue weighted by Crippen LogP contribution is 2.50. The molecular formula is C30H45Cl2N5O5. The Morgan fingerprint density at radius 3 is 2.33 bits per heavy atom. The van der Waals surface area contributed by atoms with E-state index in [4.69, 9.17) is 28.9 Å². The second-order valence-electron chi connectivity index (χ2n) is 12.0. The normalized spacial score (nSPS) is 21.8. The zero-order chi connectivity index (χ0) is 31.2. The summed E-state index contributed by atoms with van der Waals surface area (Å²) in [6.45, 7) is 6.67. The molecule has 3 amide bonds. The Bertz CT molecular complexity index is 1160. The first-order valence-electron chi connectivity index (χ1n) is 14.9. The number of amides is 3. The van der Waals surface area contributed by atoms with E-state index in [0.29, 0.717) is 54.3 Å². The molecule has 0 aromatic heterocycles.